The van der Waals surface area contributed by atoms with Crippen LogP contribution < -0.4 is 0 Å². The molecule has 2 aliphatic heterocycles. The minimum Gasteiger partial charge on any atom is -0.481 e. The van der Waals surface area contributed by atoms with Gasteiger partial charge < -0.3 is 19.7 Å². The zero-order chi connectivity index (χ0) is 22.8. The van der Waals surface area contributed by atoms with Crippen LogP contribution >= 0.6 is 0 Å². The smallest absolute Gasteiger partial charge is 0.303 e. The normalized spacial score (nSPS) is 51.0. The standard InChI is InChI=1S/C27H42O5/c1-15-7-10-27(31-14-15)17(3)25-16(2)21(12-23(25)32-27)20-6-5-18-11-19(28)8-9-26(18,4)22(20)13-24(29)30/h15,17-20,22-23,25,28H,5-14H2,1-4H3,(H,29,30)/t15-,17-,18-,19-,20+,22+,23-,25-,26-,27+/m0/s1. The Balaban J connectivity index is 1.42. The molecule has 5 rings (SSSR count). The minimum atomic E-state index is -0.683. The molecule has 2 saturated heterocycles. The van der Waals surface area contributed by atoms with Gasteiger partial charge in [0.2, 0.25) is 0 Å². The van der Waals surface area contributed by atoms with Gasteiger partial charge in [-0.1, -0.05) is 31.9 Å². The first-order valence-electron chi connectivity index (χ1n) is 13.1. The second kappa shape index (κ2) is 8.09. The Morgan fingerprint density at radius 2 is 1.94 bits per heavy atom. The van der Waals surface area contributed by atoms with E-state index in [1.165, 1.54) is 11.1 Å². The van der Waals surface area contributed by atoms with E-state index in [-0.39, 0.29) is 30.0 Å². The summed E-state index contributed by atoms with van der Waals surface area (Å²) in [5.41, 5.74) is 2.95. The number of aliphatic hydroxyl groups excluding tert-OH is 1. The van der Waals surface area contributed by atoms with E-state index in [9.17, 15) is 15.0 Å². The minimum absolute atomic E-state index is 0.00182. The molecule has 3 aliphatic carbocycles. The van der Waals surface area contributed by atoms with Gasteiger partial charge in [-0.05, 0) is 81.0 Å². The van der Waals surface area contributed by atoms with Crippen LogP contribution in [0.4, 0.5) is 0 Å². The Morgan fingerprint density at radius 1 is 1.16 bits per heavy atom. The highest BCUT2D eigenvalue weighted by Crippen LogP contribution is 2.62. The van der Waals surface area contributed by atoms with E-state index >= 15 is 0 Å². The summed E-state index contributed by atoms with van der Waals surface area (Å²) >= 11 is 0. The van der Waals surface area contributed by atoms with Gasteiger partial charge in [-0.2, -0.15) is 0 Å². The maximum absolute atomic E-state index is 12.0. The maximum Gasteiger partial charge on any atom is 0.303 e. The predicted molar refractivity (Wildman–Crippen MR) is 122 cm³/mol. The number of hydrogen-bond acceptors (Lipinski definition) is 4. The summed E-state index contributed by atoms with van der Waals surface area (Å²) in [4.78, 5) is 12.0. The lowest BCUT2D eigenvalue weighted by atomic mass is 9.50. The number of aliphatic carboxylic acids is 1. The highest BCUT2D eigenvalue weighted by Gasteiger charge is 2.59. The van der Waals surface area contributed by atoms with Crippen LogP contribution in [0, 0.1) is 40.9 Å². The Bertz CT molecular complexity index is 781. The fourth-order valence-electron chi connectivity index (χ4n) is 8.58. The van der Waals surface area contributed by atoms with E-state index in [4.69, 9.17) is 9.47 Å². The second-order valence-electron chi connectivity index (χ2n) is 12.2. The van der Waals surface area contributed by atoms with Crippen molar-refractivity contribution in [2.24, 2.45) is 40.9 Å². The summed E-state index contributed by atoms with van der Waals surface area (Å²) in [6, 6.07) is 0. The molecule has 180 valence electrons. The SMILES string of the molecule is CC1=C([C@H]2CC[C@H]3C[C@@H](O)CC[C@]3(C)[C@@H]2CC(=O)O)C[C@@H]2O[C@]3(CC[C@H](C)CO3)[C@@H](C)[C@H]12. The van der Waals surface area contributed by atoms with Crippen molar-refractivity contribution in [3.8, 4) is 0 Å². The topological polar surface area (TPSA) is 76.0 Å². The van der Waals surface area contributed by atoms with Gasteiger partial charge in [0.05, 0.1) is 18.8 Å². The fourth-order valence-corrected chi connectivity index (χ4v) is 8.58. The van der Waals surface area contributed by atoms with Crippen LogP contribution in [0.3, 0.4) is 0 Å². The third kappa shape index (κ3) is 3.49. The largest absolute Gasteiger partial charge is 0.481 e. The predicted octanol–water partition coefficient (Wildman–Crippen LogP) is 5.17. The molecule has 0 radical (unpaired) electrons. The van der Waals surface area contributed by atoms with Crippen LogP contribution in [-0.2, 0) is 14.3 Å². The molecule has 2 heterocycles. The Kier molecular flexibility index (Phi) is 5.78. The van der Waals surface area contributed by atoms with Crippen molar-refractivity contribution in [2.45, 2.75) is 103 Å². The molecule has 0 bridgehead atoms. The van der Waals surface area contributed by atoms with Gasteiger partial charge in [0.15, 0.2) is 5.79 Å². The summed E-state index contributed by atoms with van der Waals surface area (Å²) in [5, 5.41) is 20.1. The molecule has 0 aromatic carbocycles. The summed E-state index contributed by atoms with van der Waals surface area (Å²) in [6.07, 6.45) is 8.00. The molecule has 10 atom stereocenters. The molecule has 32 heavy (non-hydrogen) atoms. The van der Waals surface area contributed by atoms with Crippen LogP contribution in [0.5, 0.6) is 0 Å². The van der Waals surface area contributed by atoms with Gasteiger partial charge >= 0.3 is 5.97 Å². The third-order valence-electron chi connectivity index (χ3n) is 10.5. The quantitative estimate of drug-likeness (QED) is 0.585. The molecule has 0 unspecified atom stereocenters. The highest BCUT2D eigenvalue weighted by molar-refractivity contribution is 5.67. The number of rotatable bonds is 3. The molecule has 1 spiro atoms. The van der Waals surface area contributed by atoms with Crippen LogP contribution in [0.1, 0.15) is 85.5 Å². The number of ether oxygens (including phenoxy) is 2. The first kappa shape index (κ1) is 22.9. The molecule has 2 N–H and O–H groups in total. The maximum atomic E-state index is 12.0. The van der Waals surface area contributed by atoms with Gasteiger partial charge in [0.25, 0.3) is 0 Å². The molecular formula is C27H42O5. The molecule has 0 aromatic heterocycles. The summed E-state index contributed by atoms with van der Waals surface area (Å²) < 4.78 is 13.1. The van der Waals surface area contributed by atoms with Gasteiger partial charge in [-0.25, -0.2) is 0 Å². The van der Waals surface area contributed by atoms with E-state index in [1.54, 1.807) is 0 Å². The molecule has 2 saturated carbocycles. The first-order chi connectivity index (χ1) is 15.1. The van der Waals surface area contributed by atoms with Crippen LogP contribution in [0.25, 0.3) is 0 Å². The number of aliphatic hydroxyl groups is 1. The molecule has 5 nitrogen and oxygen atoms in total. The second-order valence-corrected chi connectivity index (χ2v) is 12.2. The molecular weight excluding hydrogens is 404 g/mol. The van der Waals surface area contributed by atoms with Gasteiger partial charge in [-0.3, -0.25) is 4.79 Å². The van der Waals surface area contributed by atoms with Crippen molar-refractivity contribution in [3.63, 3.8) is 0 Å². The van der Waals surface area contributed by atoms with E-state index in [0.717, 1.165) is 58.0 Å². The zero-order valence-electron chi connectivity index (χ0n) is 20.3. The third-order valence-corrected chi connectivity index (χ3v) is 10.5. The molecule has 5 heteroatoms. The molecule has 4 fully saturated rings. The van der Waals surface area contributed by atoms with Crippen molar-refractivity contribution in [2.75, 3.05) is 6.61 Å². The molecule has 0 aromatic rings. The highest BCUT2D eigenvalue weighted by atomic mass is 16.7. The molecule has 0 amide bonds. The van der Waals surface area contributed by atoms with Crippen molar-refractivity contribution in [1.29, 1.82) is 0 Å². The van der Waals surface area contributed by atoms with Crippen molar-refractivity contribution in [1.82, 2.24) is 0 Å². The van der Waals surface area contributed by atoms with Crippen LogP contribution in [0.15, 0.2) is 11.1 Å². The summed E-state index contributed by atoms with van der Waals surface area (Å²) in [6.45, 7) is 9.96. The van der Waals surface area contributed by atoms with E-state index in [0.29, 0.717) is 29.6 Å². The number of hydrogen-bond donors (Lipinski definition) is 2. The Labute approximate surface area is 192 Å². The van der Waals surface area contributed by atoms with Crippen molar-refractivity contribution < 1.29 is 24.5 Å². The lowest BCUT2D eigenvalue weighted by Gasteiger charge is -2.55. The van der Waals surface area contributed by atoms with E-state index < -0.39 is 11.8 Å². The number of carboxylic acid groups (broad SMARTS) is 1. The average Bonchev–Trinajstić information content (AvgIpc) is 3.19. The van der Waals surface area contributed by atoms with Crippen molar-refractivity contribution in [3.05, 3.63) is 11.1 Å². The molecule has 5 aliphatic rings. The van der Waals surface area contributed by atoms with Gasteiger partial charge in [0.1, 0.15) is 0 Å². The monoisotopic (exact) mass is 446 g/mol. The lowest BCUT2D eigenvalue weighted by molar-refractivity contribution is -0.269. The Hall–Kier alpha value is -0.910. The first-order valence-corrected chi connectivity index (χ1v) is 13.1. The van der Waals surface area contributed by atoms with Crippen LogP contribution in [-0.4, -0.2) is 40.8 Å². The summed E-state index contributed by atoms with van der Waals surface area (Å²) in [5.74, 6) is 1.14. The van der Waals surface area contributed by atoms with E-state index in [2.05, 4.69) is 27.7 Å². The van der Waals surface area contributed by atoms with Gasteiger partial charge in [-0.15, -0.1) is 0 Å². The number of carbonyl (C=O) groups is 1. The average molecular weight is 447 g/mol. The number of carboxylic acids is 1. The Morgan fingerprint density at radius 3 is 2.59 bits per heavy atom. The fraction of sp³-hybridized carbons (Fsp3) is 0.889. The number of fused-ring (bicyclic) bond motifs is 2. The van der Waals surface area contributed by atoms with Crippen molar-refractivity contribution >= 4 is 5.97 Å². The van der Waals surface area contributed by atoms with Gasteiger partial charge in [0, 0.05) is 24.7 Å². The zero-order valence-corrected chi connectivity index (χ0v) is 20.3. The van der Waals surface area contributed by atoms with Crippen LogP contribution in [0.2, 0.25) is 0 Å². The summed E-state index contributed by atoms with van der Waals surface area (Å²) in [7, 11) is 0. The lowest BCUT2D eigenvalue weighted by Crippen LogP contribution is -2.49. The van der Waals surface area contributed by atoms with E-state index in [1.807, 2.05) is 0 Å².